The molecule has 1 aliphatic carbocycles. The number of hydrogen-bond acceptors (Lipinski definition) is 1. The van der Waals surface area contributed by atoms with Crippen molar-refractivity contribution < 1.29 is 8.78 Å². The van der Waals surface area contributed by atoms with Crippen molar-refractivity contribution >= 4 is 0 Å². The summed E-state index contributed by atoms with van der Waals surface area (Å²) in [7, 11) is 0. The van der Waals surface area contributed by atoms with Gasteiger partial charge in [-0.05, 0) is 18.8 Å². The minimum atomic E-state index is -2.32. The van der Waals surface area contributed by atoms with Crippen molar-refractivity contribution in [3.63, 3.8) is 0 Å². The average molecular weight is 121 g/mol. The molecule has 1 fully saturated rings. The van der Waals surface area contributed by atoms with Crippen LogP contribution in [-0.4, -0.2) is 12.5 Å². The summed E-state index contributed by atoms with van der Waals surface area (Å²) in [6.07, 6.45) is -0.528. The zero-order valence-electron chi connectivity index (χ0n) is 4.48. The van der Waals surface area contributed by atoms with Crippen LogP contribution in [0.25, 0.3) is 0 Å². The van der Waals surface area contributed by atoms with Crippen LogP contribution in [0.2, 0.25) is 0 Å². The largest absolute Gasteiger partial charge is 0.323 e. The molecule has 0 aromatic rings. The van der Waals surface area contributed by atoms with Crippen molar-refractivity contribution in [2.75, 3.05) is 0 Å². The average Bonchev–Trinajstić information content (AvgIpc) is 2.43. The number of alkyl halides is 2. The Morgan fingerprint density at radius 3 is 2.00 bits per heavy atom. The van der Waals surface area contributed by atoms with Gasteiger partial charge in [-0.15, -0.1) is 0 Å². The monoisotopic (exact) mass is 121 g/mol. The van der Waals surface area contributed by atoms with E-state index in [0.717, 1.165) is 12.8 Å². The number of hydrogen-bond donors (Lipinski definition) is 1. The zero-order chi connectivity index (χ0) is 6.15. The lowest BCUT2D eigenvalue weighted by Crippen LogP contribution is -2.30. The Balaban J connectivity index is 2.22. The van der Waals surface area contributed by atoms with E-state index in [4.69, 9.17) is 5.73 Å². The van der Waals surface area contributed by atoms with Crippen LogP contribution in [0.15, 0.2) is 0 Å². The number of nitrogens with two attached hydrogens (primary N) is 1. The van der Waals surface area contributed by atoms with Crippen LogP contribution in [0, 0.1) is 5.92 Å². The predicted octanol–water partition coefficient (Wildman–Crippen LogP) is 0.989. The summed E-state index contributed by atoms with van der Waals surface area (Å²) in [6, 6.07) is -0.852. The molecule has 0 saturated heterocycles. The Labute approximate surface area is 46.9 Å². The molecule has 8 heavy (non-hydrogen) atoms. The van der Waals surface area contributed by atoms with E-state index in [1.165, 1.54) is 0 Å². The van der Waals surface area contributed by atoms with E-state index < -0.39 is 12.5 Å². The van der Waals surface area contributed by atoms with Crippen molar-refractivity contribution in [2.45, 2.75) is 25.3 Å². The highest BCUT2D eigenvalue weighted by atomic mass is 19.3. The molecule has 0 amide bonds. The summed E-state index contributed by atoms with van der Waals surface area (Å²) < 4.78 is 23.2. The third kappa shape index (κ3) is 1.15. The standard InChI is InChI=1S/C5H9F2N/c6-5(7)4(8)3-1-2-3/h3-5H,1-2,8H2/t4-/m1/s1. The molecule has 0 bridgehead atoms. The summed E-state index contributed by atoms with van der Waals surface area (Å²) in [5, 5.41) is 0. The van der Waals surface area contributed by atoms with E-state index in [1.54, 1.807) is 0 Å². The zero-order valence-corrected chi connectivity index (χ0v) is 4.48. The van der Waals surface area contributed by atoms with E-state index in [1.807, 2.05) is 0 Å². The fraction of sp³-hybridized carbons (Fsp3) is 1.00. The van der Waals surface area contributed by atoms with Gasteiger partial charge in [-0.25, -0.2) is 8.78 Å². The number of halogens is 2. The molecular weight excluding hydrogens is 112 g/mol. The Bertz CT molecular complexity index is 78.5. The van der Waals surface area contributed by atoms with Gasteiger partial charge in [-0.3, -0.25) is 0 Å². The highest BCUT2D eigenvalue weighted by molar-refractivity contribution is 4.85. The Hall–Kier alpha value is -0.180. The number of rotatable bonds is 2. The molecule has 0 aromatic carbocycles. The normalized spacial score (nSPS) is 24.0. The van der Waals surface area contributed by atoms with Gasteiger partial charge in [0, 0.05) is 0 Å². The topological polar surface area (TPSA) is 26.0 Å². The lowest BCUT2D eigenvalue weighted by atomic mass is 10.2. The van der Waals surface area contributed by atoms with Crippen molar-refractivity contribution in [1.82, 2.24) is 0 Å². The summed E-state index contributed by atoms with van der Waals surface area (Å²) in [5.74, 6) is 0.120. The molecule has 3 heteroatoms. The van der Waals surface area contributed by atoms with Gasteiger partial charge >= 0.3 is 0 Å². The van der Waals surface area contributed by atoms with E-state index in [-0.39, 0.29) is 5.92 Å². The summed E-state index contributed by atoms with van der Waals surface area (Å²) >= 11 is 0. The highest BCUT2D eigenvalue weighted by Gasteiger charge is 2.33. The maximum Gasteiger partial charge on any atom is 0.253 e. The molecule has 0 heterocycles. The minimum absolute atomic E-state index is 0.120. The first-order chi connectivity index (χ1) is 3.72. The molecule has 1 nitrogen and oxygen atoms in total. The highest BCUT2D eigenvalue weighted by Crippen LogP contribution is 2.33. The first-order valence-electron chi connectivity index (χ1n) is 2.75. The van der Waals surface area contributed by atoms with Crippen LogP contribution >= 0.6 is 0 Å². The quantitative estimate of drug-likeness (QED) is 0.579. The molecule has 1 rings (SSSR count). The second kappa shape index (κ2) is 1.97. The molecule has 1 aliphatic rings. The second-order valence-electron chi connectivity index (χ2n) is 2.25. The van der Waals surface area contributed by atoms with Crippen molar-refractivity contribution in [1.29, 1.82) is 0 Å². The van der Waals surface area contributed by atoms with E-state index in [2.05, 4.69) is 0 Å². The van der Waals surface area contributed by atoms with Gasteiger partial charge in [0.15, 0.2) is 0 Å². The Morgan fingerprint density at radius 1 is 1.38 bits per heavy atom. The fourth-order valence-corrected chi connectivity index (χ4v) is 0.687. The van der Waals surface area contributed by atoms with Gasteiger partial charge in [0.1, 0.15) is 0 Å². The third-order valence-corrected chi connectivity index (χ3v) is 1.46. The van der Waals surface area contributed by atoms with E-state index in [9.17, 15) is 8.78 Å². The molecule has 2 N–H and O–H groups in total. The molecule has 0 radical (unpaired) electrons. The molecular formula is C5H9F2N. The van der Waals surface area contributed by atoms with Gasteiger partial charge in [-0.2, -0.15) is 0 Å². The third-order valence-electron chi connectivity index (χ3n) is 1.46. The maximum absolute atomic E-state index is 11.6. The molecule has 0 aromatic heterocycles. The molecule has 48 valence electrons. The lowest BCUT2D eigenvalue weighted by Gasteiger charge is -2.05. The minimum Gasteiger partial charge on any atom is -0.323 e. The van der Waals surface area contributed by atoms with Gasteiger partial charge in [-0.1, -0.05) is 0 Å². The van der Waals surface area contributed by atoms with Gasteiger partial charge in [0.2, 0.25) is 0 Å². The van der Waals surface area contributed by atoms with Gasteiger partial charge in [0.25, 0.3) is 6.43 Å². The SMILES string of the molecule is N[C@@H](C(F)F)C1CC1. The van der Waals surface area contributed by atoms with Crippen molar-refractivity contribution in [3.8, 4) is 0 Å². The van der Waals surface area contributed by atoms with Crippen LogP contribution in [0.4, 0.5) is 8.78 Å². The molecule has 0 unspecified atom stereocenters. The van der Waals surface area contributed by atoms with E-state index in [0.29, 0.717) is 0 Å². The maximum atomic E-state index is 11.6. The molecule has 1 atom stereocenters. The smallest absolute Gasteiger partial charge is 0.253 e. The molecule has 0 aliphatic heterocycles. The van der Waals surface area contributed by atoms with Crippen LogP contribution in [-0.2, 0) is 0 Å². The van der Waals surface area contributed by atoms with Crippen LogP contribution in [0.3, 0.4) is 0 Å². The Morgan fingerprint density at radius 2 is 1.88 bits per heavy atom. The van der Waals surface area contributed by atoms with Crippen LogP contribution in [0.5, 0.6) is 0 Å². The first-order valence-corrected chi connectivity index (χ1v) is 2.75. The van der Waals surface area contributed by atoms with Crippen LogP contribution in [0.1, 0.15) is 12.8 Å². The summed E-state index contributed by atoms with van der Waals surface area (Å²) in [4.78, 5) is 0. The Kier molecular flexibility index (Phi) is 1.47. The molecule has 1 saturated carbocycles. The van der Waals surface area contributed by atoms with E-state index >= 15 is 0 Å². The van der Waals surface area contributed by atoms with Crippen LogP contribution < -0.4 is 5.73 Å². The van der Waals surface area contributed by atoms with Gasteiger partial charge in [0.05, 0.1) is 6.04 Å². The summed E-state index contributed by atoms with van der Waals surface area (Å²) in [5.41, 5.74) is 5.07. The second-order valence-corrected chi connectivity index (χ2v) is 2.25. The van der Waals surface area contributed by atoms with Crippen molar-refractivity contribution in [3.05, 3.63) is 0 Å². The molecule has 0 spiro atoms. The van der Waals surface area contributed by atoms with Crippen molar-refractivity contribution in [2.24, 2.45) is 11.7 Å². The fourth-order valence-electron chi connectivity index (χ4n) is 0.687. The van der Waals surface area contributed by atoms with Gasteiger partial charge < -0.3 is 5.73 Å². The summed E-state index contributed by atoms with van der Waals surface area (Å²) in [6.45, 7) is 0. The first kappa shape index (κ1) is 5.95. The lowest BCUT2D eigenvalue weighted by molar-refractivity contribution is 0.107. The predicted molar refractivity (Wildman–Crippen MR) is 26.7 cm³/mol.